The molecule has 0 atom stereocenters. The quantitative estimate of drug-likeness (QED) is 0.883. The topological polar surface area (TPSA) is 49.6 Å². The zero-order valence-electron chi connectivity index (χ0n) is 13.3. The van der Waals surface area contributed by atoms with Crippen LogP contribution in [0.3, 0.4) is 0 Å². The van der Waals surface area contributed by atoms with Gasteiger partial charge in [0.15, 0.2) is 0 Å². The number of aryl methyl sites for hydroxylation is 1. The number of hydrogen-bond acceptors (Lipinski definition) is 3. The van der Waals surface area contributed by atoms with E-state index in [0.29, 0.717) is 6.42 Å². The van der Waals surface area contributed by atoms with Crippen LogP contribution in [0.4, 0.5) is 11.4 Å². The summed E-state index contributed by atoms with van der Waals surface area (Å²) in [5.41, 5.74) is 8.91. The summed E-state index contributed by atoms with van der Waals surface area (Å²) in [5, 5.41) is 0. The van der Waals surface area contributed by atoms with Crippen molar-refractivity contribution < 1.29 is 4.79 Å². The van der Waals surface area contributed by atoms with E-state index in [1.54, 1.807) is 0 Å². The Kier molecular flexibility index (Phi) is 4.81. The van der Waals surface area contributed by atoms with Crippen LogP contribution >= 0.6 is 0 Å². The summed E-state index contributed by atoms with van der Waals surface area (Å²) >= 11 is 0. The van der Waals surface area contributed by atoms with Gasteiger partial charge in [0.05, 0.1) is 0 Å². The Bertz CT molecular complexity index is 631. The van der Waals surface area contributed by atoms with Gasteiger partial charge < -0.3 is 15.5 Å². The summed E-state index contributed by atoms with van der Waals surface area (Å²) in [6.07, 6.45) is 1.41. The van der Waals surface area contributed by atoms with Gasteiger partial charge in [-0.05, 0) is 36.2 Å². The molecule has 23 heavy (non-hydrogen) atoms. The number of benzene rings is 2. The Morgan fingerprint density at radius 3 is 2.22 bits per heavy atom. The molecule has 4 heteroatoms. The fraction of sp³-hybridized carbons (Fsp3) is 0.316. The average molecular weight is 309 g/mol. The van der Waals surface area contributed by atoms with Crippen molar-refractivity contribution in [1.82, 2.24) is 4.90 Å². The number of carbonyl (C=O) groups excluding carboxylic acids is 1. The second-order valence-corrected chi connectivity index (χ2v) is 5.94. The summed E-state index contributed by atoms with van der Waals surface area (Å²) in [6.45, 7) is 3.33. The van der Waals surface area contributed by atoms with Crippen LogP contribution in [0.15, 0.2) is 54.6 Å². The lowest BCUT2D eigenvalue weighted by molar-refractivity contribution is -0.131. The molecule has 3 rings (SSSR count). The standard InChI is InChI=1S/C19H23N3O/c20-17-7-9-18(10-8-17)21-12-14-22(15-13-21)19(23)11-6-16-4-2-1-3-5-16/h1-5,7-10H,6,11-15,20H2. The third kappa shape index (κ3) is 4.03. The lowest BCUT2D eigenvalue weighted by atomic mass is 10.1. The normalized spacial score (nSPS) is 14.8. The van der Waals surface area contributed by atoms with E-state index < -0.39 is 0 Å². The second-order valence-electron chi connectivity index (χ2n) is 5.94. The average Bonchev–Trinajstić information content (AvgIpc) is 2.61. The monoisotopic (exact) mass is 309 g/mol. The van der Waals surface area contributed by atoms with Gasteiger partial charge in [0.2, 0.25) is 5.91 Å². The first-order chi connectivity index (χ1) is 11.2. The fourth-order valence-corrected chi connectivity index (χ4v) is 2.95. The first kappa shape index (κ1) is 15.4. The molecule has 1 aliphatic heterocycles. The second kappa shape index (κ2) is 7.18. The number of anilines is 2. The van der Waals surface area contributed by atoms with Crippen LogP contribution in [0.5, 0.6) is 0 Å². The first-order valence-electron chi connectivity index (χ1n) is 8.14. The molecule has 1 amide bonds. The molecule has 1 heterocycles. The van der Waals surface area contributed by atoms with Gasteiger partial charge in [-0.3, -0.25) is 4.79 Å². The highest BCUT2D eigenvalue weighted by Gasteiger charge is 2.20. The maximum absolute atomic E-state index is 12.4. The van der Waals surface area contributed by atoms with Crippen LogP contribution in [0.25, 0.3) is 0 Å². The molecule has 2 N–H and O–H groups in total. The predicted octanol–water partition coefficient (Wildman–Crippen LogP) is 2.55. The van der Waals surface area contributed by atoms with Crippen molar-refractivity contribution in [1.29, 1.82) is 0 Å². The molecule has 0 bridgehead atoms. The van der Waals surface area contributed by atoms with E-state index in [0.717, 1.165) is 38.3 Å². The fourth-order valence-electron chi connectivity index (χ4n) is 2.95. The Hall–Kier alpha value is -2.49. The lowest BCUT2D eigenvalue weighted by Crippen LogP contribution is -2.48. The van der Waals surface area contributed by atoms with Gasteiger partial charge in [-0.25, -0.2) is 0 Å². The number of nitrogen functional groups attached to an aromatic ring is 1. The number of nitrogens with two attached hydrogens (primary N) is 1. The number of hydrogen-bond donors (Lipinski definition) is 1. The summed E-state index contributed by atoms with van der Waals surface area (Å²) in [7, 11) is 0. The molecule has 4 nitrogen and oxygen atoms in total. The molecular weight excluding hydrogens is 286 g/mol. The van der Waals surface area contributed by atoms with E-state index in [-0.39, 0.29) is 5.91 Å². The number of piperazine rings is 1. The van der Waals surface area contributed by atoms with Crippen molar-refractivity contribution in [2.45, 2.75) is 12.8 Å². The van der Waals surface area contributed by atoms with Crippen LogP contribution in [-0.4, -0.2) is 37.0 Å². The predicted molar refractivity (Wildman–Crippen MR) is 94.4 cm³/mol. The van der Waals surface area contributed by atoms with Crippen LogP contribution in [0, 0.1) is 0 Å². The smallest absolute Gasteiger partial charge is 0.223 e. The number of amides is 1. The van der Waals surface area contributed by atoms with Crippen molar-refractivity contribution >= 4 is 17.3 Å². The van der Waals surface area contributed by atoms with E-state index in [1.165, 1.54) is 11.3 Å². The molecule has 0 saturated carbocycles. The van der Waals surface area contributed by atoms with Gasteiger partial charge in [0.25, 0.3) is 0 Å². The van der Waals surface area contributed by atoms with Gasteiger partial charge in [-0.2, -0.15) is 0 Å². The van der Waals surface area contributed by atoms with Crippen molar-refractivity contribution in [3.05, 3.63) is 60.2 Å². The van der Waals surface area contributed by atoms with Gasteiger partial charge >= 0.3 is 0 Å². The molecule has 0 aliphatic carbocycles. The van der Waals surface area contributed by atoms with Crippen LogP contribution in [0.2, 0.25) is 0 Å². The van der Waals surface area contributed by atoms with Gasteiger partial charge in [0, 0.05) is 44.0 Å². The van der Waals surface area contributed by atoms with E-state index >= 15 is 0 Å². The summed E-state index contributed by atoms with van der Waals surface area (Å²) < 4.78 is 0. The van der Waals surface area contributed by atoms with Crippen molar-refractivity contribution in [3.8, 4) is 0 Å². The first-order valence-corrected chi connectivity index (χ1v) is 8.14. The molecule has 120 valence electrons. The van der Waals surface area contributed by atoms with E-state index in [2.05, 4.69) is 17.0 Å². The summed E-state index contributed by atoms with van der Waals surface area (Å²) in [5.74, 6) is 0.255. The van der Waals surface area contributed by atoms with Gasteiger partial charge in [0.1, 0.15) is 0 Å². The van der Waals surface area contributed by atoms with E-state index in [4.69, 9.17) is 5.73 Å². The molecule has 1 saturated heterocycles. The number of nitrogens with zero attached hydrogens (tertiary/aromatic N) is 2. The van der Waals surface area contributed by atoms with E-state index in [9.17, 15) is 4.79 Å². The molecule has 0 spiro atoms. The Morgan fingerprint density at radius 1 is 0.913 bits per heavy atom. The number of rotatable bonds is 4. The van der Waals surface area contributed by atoms with Crippen LogP contribution in [-0.2, 0) is 11.2 Å². The van der Waals surface area contributed by atoms with Crippen molar-refractivity contribution in [2.75, 3.05) is 36.8 Å². The van der Waals surface area contributed by atoms with E-state index in [1.807, 2.05) is 47.4 Å². The summed E-state index contributed by atoms with van der Waals surface area (Å²) in [4.78, 5) is 16.6. The third-order valence-electron chi connectivity index (χ3n) is 4.36. The molecule has 1 fully saturated rings. The van der Waals surface area contributed by atoms with Crippen LogP contribution < -0.4 is 10.6 Å². The largest absolute Gasteiger partial charge is 0.399 e. The maximum Gasteiger partial charge on any atom is 0.223 e. The van der Waals surface area contributed by atoms with Crippen molar-refractivity contribution in [3.63, 3.8) is 0 Å². The minimum atomic E-state index is 0.255. The molecule has 2 aromatic carbocycles. The Balaban J connectivity index is 1.48. The Morgan fingerprint density at radius 2 is 1.57 bits per heavy atom. The lowest BCUT2D eigenvalue weighted by Gasteiger charge is -2.36. The molecule has 0 unspecified atom stereocenters. The van der Waals surface area contributed by atoms with Crippen molar-refractivity contribution in [2.24, 2.45) is 0 Å². The minimum absolute atomic E-state index is 0.255. The highest BCUT2D eigenvalue weighted by Crippen LogP contribution is 2.18. The molecule has 1 aliphatic rings. The maximum atomic E-state index is 12.4. The molecule has 0 radical (unpaired) electrons. The number of carbonyl (C=O) groups is 1. The third-order valence-corrected chi connectivity index (χ3v) is 4.36. The van der Waals surface area contributed by atoms with Gasteiger partial charge in [-0.15, -0.1) is 0 Å². The zero-order valence-corrected chi connectivity index (χ0v) is 13.3. The van der Waals surface area contributed by atoms with Gasteiger partial charge in [-0.1, -0.05) is 30.3 Å². The highest BCUT2D eigenvalue weighted by atomic mass is 16.2. The highest BCUT2D eigenvalue weighted by molar-refractivity contribution is 5.76. The molecule has 2 aromatic rings. The summed E-state index contributed by atoms with van der Waals surface area (Å²) in [6, 6.07) is 18.1. The SMILES string of the molecule is Nc1ccc(N2CCN(C(=O)CCc3ccccc3)CC2)cc1. The Labute approximate surface area is 137 Å². The molecule has 0 aromatic heterocycles. The van der Waals surface area contributed by atoms with Crippen LogP contribution in [0.1, 0.15) is 12.0 Å². The molecular formula is C19H23N3O. The minimum Gasteiger partial charge on any atom is -0.399 e. The zero-order chi connectivity index (χ0) is 16.1.